The average Bonchev–Trinajstić information content (AvgIpc) is 3.34. The third-order valence-electron chi connectivity index (χ3n) is 7.38. The highest BCUT2D eigenvalue weighted by Gasteiger charge is 2.41. The Bertz CT molecular complexity index is 1750. The smallest absolute Gasteiger partial charge is 0.220 e. The Hall–Kier alpha value is -3.92. The molecule has 7 rings (SSSR count). The molecular weight excluding hydrogens is 404 g/mol. The maximum atomic E-state index is 5.12. The number of hydrogen-bond donors (Lipinski definition) is 0. The summed E-state index contributed by atoms with van der Waals surface area (Å²) in [5.41, 5.74) is 12.1. The summed E-state index contributed by atoms with van der Waals surface area (Å²) in [6.45, 7) is 6.87. The monoisotopic (exact) mass is 429 g/mol. The molecule has 33 heavy (non-hydrogen) atoms. The van der Waals surface area contributed by atoms with Crippen molar-refractivity contribution < 1.29 is 4.57 Å². The average molecular weight is 430 g/mol. The fourth-order valence-electron chi connectivity index (χ4n) is 5.83. The second kappa shape index (κ2) is 6.10. The van der Waals surface area contributed by atoms with Crippen molar-refractivity contribution in [3.63, 3.8) is 0 Å². The van der Waals surface area contributed by atoms with Crippen molar-refractivity contribution in [3.8, 4) is 22.4 Å². The standard InChI is InChI=1S/C29H25N4/c1-18-14-15-24-27-25(18)26-21(16-20(17-31(26)4)19-10-6-5-7-11-19)29(2,3)33(27)28-30-22-12-8-9-13-23(22)32(24)28/h5-17H,1-4H3/q+1. The molecule has 0 saturated heterocycles. The number of rotatable bonds is 1. The molecule has 4 heterocycles. The molecule has 0 N–H and O–H groups in total. The minimum atomic E-state index is -0.275. The minimum Gasteiger partial charge on any atom is -0.299 e. The second-order valence-corrected chi connectivity index (χ2v) is 9.72. The highest BCUT2D eigenvalue weighted by Crippen LogP contribution is 2.47. The molecule has 3 aromatic heterocycles. The summed E-state index contributed by atoms with van der Waals surface area (Å²) < 4.78 is 7.11. The number of hydrogen-bond acceptors (Lipinski definition) is 1. The van der Waals surface area contributed by atoms with Gasteiger partial charge < -0.3 is 0 Å². The fraction of sp³-hybridized carbons (Fsp3) is 0.172. The van der Waals surface area contributed by atoms with Gasteiger partial charge >= 0.3 is 0 Å². The number of fused-ring (bicyclic) bond motifs is 7. The molecule has 160 valence electrons. The summed E-state index contributed by atoms with van der Waals surface area (Å²) in [5.74, 6) is 1.00. The lowest BCUT2D eigenvalue weighted by Crippen LogP contribution is -2.40. The Morgan fingerprint density at radius 1 is 0.848 bits per heavy atom. The first kappa shape index (κ1) is 18.6. The summed E-state index contributed by atoms with van der Waals surface area (Å²) in [6, 6.07) is 26.0. The molecule has 0 atom stereocenters. The van der Waals surface area contributed by atoms with Crippen LogP contribution < -0.4 is 4.57 Å². The molecule has 3 aromatic carbocycles. The van der Waals surface area contributed by atoms with E-state index in [1.165, 1.54) is 44.5 Å². The number of aromatic nitrogens is 4. The molecule has 6 aromatic rings. The summed E-state index contributed by atoms with van der Waals surface area (Å²) in [5, 5.41) is 0. The van der Waals surface area contributed by atoms with Gasteiger partial charge in [-0.05, 0) is 56.2 Å². The van der Waals surface area contributed by atoms with Crippen LogP contribution in [0.25, 0.3) is 50.2 Å². The lowest BCUT2D eigenvalue weighted by atomic mass is 9.83. The molecule has 4 nitrogen and oxygen atoms in total. The van der Waals surface area contributed by atoms with Gasteiger partial charge in [-0.3, -0.25) is 8.97 Å². The van der Waals surface area contributed by atoms with Gasteiger partial charge in [0.25, 0.3) is 0 Å². The predicted molar refractivity (Wildman–Crippen MR) is 133 cm³/mol. The molecular formula is C29H25N4+. The van der Waals surface area contributed by atoms with E-state index in [-0.39, 0.29) is 5.54 Å². The molecule has 0 fully saturated rings. The molecule has 0 unspecified atom stereocenters. The first-order chi connectivity index (χ1) is 16.0. The Labute approximate surface area is 192 Å². The number of aryl methyl sites for hydroxylation is 2. The van der Waals surface area contributed by atoms with Gasteiger partial charge in [-0.25, -0.2) is 9.55 Å². The van der Waals surface area contributed by atoms with Crippen molar-refractivity contribution in [1.29, 1.82) is 0 Å². The van der Waals surface area contributed by atoms with E-state index in [1.54, 1.807) is 0 Å². The largest absolute Gasteiger partial charge is 0.299 e. The van der Waals surface area contributed by atoms with E-state index in [0.717, 1.165) is 16.8 Å². The van der Waals surface area contributed by atoms with Crippen LogP contribution in [0.3, 0.4) is 0 Å². The summed E-state index contributed by atoms with van der Waals surface area (Å²) in [4.78, 5) is 5.12. The highest BCUT2D eigenvalue weighted by atomic mass is 15.2. The normalized spacial score (nSPS) is 14.3. The first-order valence-corrected chi connectivity index (χ1v) is 11.5. The Balaban J connectivity index is 1.68. The molecule has 0 aliphatic carbocycles. The topological polar surface area (TPSA) is 26.1 Å². The minimum absolute atomic E-state index is 0.275. The third-order valence-corrected chi connectivity index (χ3v) is 7.38. The van der Waals surface area contributed by atoms with Crippen molar-refractivity contribution >= 4 is 27.8 Å². The van der Waals surface area contributed by atoms with Gasteiger partial charge in [0.05, 0.1) is 38.7 Å². The van der Waals surface area contributed by atoms with Crippen molar-refractivity contribution in [2.75, 3.05) is 0 Å². The fourth-order valence-corrected chi connectivity index (χ4v) is 5.83. The van der Waals surface area contributed by atoms with Gasteiger partial charge in [0.15, 0.2) is 6.20 Å². The van der Waals surface area contributed by atoms with Crippen LogP contribution in [0, 0.1) is 6.92 Å². The second-order valence-electron chi connectivity index (χ2n) is 9.72. The van der Waals surface area contributed by atoms with Crippen LogP contribution in [-0.2, 0) is 12.6 Å². The molecule has 0 radical (unpaired) electrons. The zero-order chi connectivity index (χ0) is 22.5. The number of benzene rings is 3. The molecule has 0 bridgehead atoms. The Kier molecular flexibility index (Phi) is 3.45. The van der Waals surface area contributed by atoms with Crippen LogP contribution in [-0.4, -0.2) is 14.0 Å². The number of nitrogens with zero attached hydrogens (tertiary/aromatic N) is 4. The van der Waals surface area contributed by atoms with Crippen molar-refractivity contribution in [2.24, 2.45) is 7.05 Å². The number of para-hydroxylation sites is 2. The zero-order valence-corrected chi connectivity index (χ0v) is 19.3. The Morgan fingerprint density at radius 3 is 2.42 bits per heavy atom. The SMILES string of the molecule is Cc1ccc2c3c1-c1c(cc(-c4ccccc4)c[n+]1C)C(C)(C)n3c1nc3ccccc3n21. The molecule has 1 aliphatic heterocycles. The van der Waals surface area contributed by atoms with E-state index < -0.39 is 0 Å². The van der Waals surface area contributed by atoms with Gasteiger partial charge in [0.1, 0.15) is 7.05 Å². The lowest BCUT2D eigenvalue weighted by molar-refractivity contribution is -0.660. The van der Waals surface area contributed by atoms with Crippen LogP contribution in [0.4, 0.5) is 0 Å². The summed E-state index contributed by atoms with van der Waals surface area (Å²) in [7, 11) is 2.18. The van der Waals surface area contributed by atoms with Crippen LogP contribution in [0.5, 0.6) is 0 Å². The van der Waals surface area contributed by atoms with E-state index in [4.69, 9.17) is 4.98 Å². The van der Waals surface area contributed by atoms with E-state index in [1.807, 2.05) is 0 Å². The highest BCUT2D eigenvalue weighted by molar-refractivity contribution is 6.01. The van der Waals surface area contributed by atoms with Crippen molar-refractivity contribution in [3.05, 3.63) is 90.1 Å². The quantitative estimate of drug-likeness (QED) is 0.294. The maximum Gasteiger partial charge on any atom is 0.220 e. The van der Waals surface area contributed by atoms with Crippen LogP contribution in [0.15, 0.2) is 79.0 Å². The number of imidazole rings is 2. The molecule has 1 aliphatic rings. The van der Waals surface area contributed by atoms with Gasteiger partial charge in [0.2, 0.25) is 11.5 Å². The first-order valence-electron chi connectivity index (χ1n) is 11.5. The zero-order valence-electron chi connectivity index (χ0n) is 19.3. The van der Waals surface area contributed by atoms with E-state index >= 15 is 0 Å². The molecule has 0 amide bonds. The molecule has 4 heteroatoms. The van der Waals surface area contributed by atoms with Gasteiger partial charge in [-0.2, -0.15) is 0 Å². The third kappa shape index (κ3) is 2.25. The molecule has 0 spiro atoms. The lowest BCUT2D eigenvalue weighted by Gasteiger charge is -2.33. The molecule has 0 saturated carbocycles. The van der Waals surface area contributed by atoms with E-state index in [9.17, 15) is 0 Å². The van der Waals surface area contributed by atoms with Crippen LogP contribution in [0.2, 0.25) is 0 Å². The van der Waals surface area contributed by atoms with Gasteiger partial charge in [-0.15, -0.1) is 0 Å². The van der Waals surface area contributed by atoms with Gasteiger partial charge in [0, 0.05) is 5.56 Å². The maximum absolute atomic E-state index is 5.12. The van der Waals surface area contributed by atoms with E-state index in [2.05, 4.69) is 120 Å². The summed E-state index contributed by atoms with van der Waals surface area (Å²) >= 11 is 0. The van der Waals surface area contributed by atoms with Crippen molar-refractivity contribution in [2.45, 2.75) is 26.3 Å². The van der Waals surface area contributed by atoms with Crippen LogP contribution in [0.1, 0.15) is 25.0 Å². The number of pyridine rings is 1. The van der Waals surface area contributed by atoms with Crippen molar-refractivity contribution in [1.82, 2.24) is 14.0 Å². The summed E-state index contributed by atoms with van der Waals surface area (Å²) in [6.07, 6.45) is 2.27. The predicted octanol–water partition coefficient (Wildman–Crippen LogP) is 6.01. The van der Waals surface area contributed by atoms with Gasteiger partial charge in [-0.1, -0.05) is 48.5 Å². The van der Waals surface area contributed by atoms with Crippen LogP contribution >= 0.6 is 0 Å². The Morgan fingerprint density at radius 2 is 1.61 bits per heavy atom. The van der Waals surface area contributed by atoms with E-state index in [0.29, 0.717) is 0 Å².